The molecule has 1 saturated carbocycles. The highest BCUT2D eigenvalue weighted by Crippen LogP contribution is 2.42. The average Bonchev–Trinajstić information content (AvgIpc) is 2.20. The van der Waals surface area contributed by atoms with Crippen LogP contribution in [0.3, 0.4) is 0 Å². The van der Waals surface area contributed by atoms with Crippen LogP contribution < -0.4 is 0 Å². The molecule has 0 aliphatic heterocycles. The van der Waals surface area contributed by atoms with E-state index in [-0.39, 0.29) is 9.34 Å². The highest BCUT2D eigenvalue weighted by molar-refractivity contribution is 14.1. The molecular weight excluding hydrogens is 339 g/mol. The van der Waals surface area contributed by atoms with Gasteiger partial charge in [0.2, 0.25) is 0 Å². The van der Waals surface area contributed by atoms with Gasteiger partial charge in [-0.2, -0.15) is 0 Å². The summed E-state index contributed by atoms with van der Waals surface area (Å²) in [6.07, 6.45) is 5.05. The molecule has 0 bridgehead atoms. The maximum absolute atomic E-state index is 11.8. The molecule has 3 heteroatoms. The fourth-order valence-electron chi connectivity index (χ4n) is 2.24. The average molecular weight is 362 g/mol. The van der Waals surface area contributed by atoms with Crippen LogP contribution >= 0.6 is 22.6 Å². The van der Waals surface area contributed by atoms with Gasteiger partial charge in [-0.25, -0.2) is 0 Å². The number of halogens is 1. The Labute approximate surface area is 120 Å². The zero-order chi connectivity index (χ0) is 13.1. The number of Topliss-reactive ketones (excluding diaryl/α,β-unsaturated/α-hetero) is 1. The summed E-state index contributed by atoms with van der Waals surface area (Å²) >= 11 is 2.34. The summed E-state index contributed by atoms with van der Waals surface area (Å²) in [5.41, 5.74) is 3.59. The van der Waals surface area contributed by atoms with Gasteiger partial charge in [-0.3, -0.25) is 4.79 Å². The molecular formula is C14H23IOSi. The largest absolute Gasteiger partial charge is 0.299 e. The Kier molecular flexibility index (Phi) is 5.27. The van der Waals surface area contributed by atoms with Crippen LogP contribution in [0.2, 0.25) is 19.6 Å². The molecule has 0 unspecified atom stereocenters. The van der Waals surface area contributed by atoms with Gasteiger partial charge >= 0.3 is 0 Å². The molecule has 1 fully saturated rings. The minimum absolute atomic E-state index is 0.185. The molecule has 0 radical (unpaired) electrons. The second-order valence-electron chi connectivity index (χ2n) is 6.39. The van der Waals surface area contributed by atoms with E-state index in [4.69, 9.17) is 0 Å². The lowest BCUT2D eigenvalue weighted by molar-refractivity contribution is -0.122. The zero-order valence-corrected chi connectivity index (χ0v) is 14.6. The topological polar surface area (TPSA) is 17.1 Å². The van der Waals surface area contributed by atoms with E-state index in [1.807, 2.05) is 0 Å². The maximum atomic E-state index is 11.8. The number of ketones is 1. The number of hydrogen-bond donors (Lipinski definition) is 0. The molecule has 17 heavy (non-hydrogen) atoms. The second kappa shape index (κ2) is 5.88. The lowest BCUT2D eigenvalue weighted by Gasteiger charge is -2.37. The van der Waals surface area contributed by atoms with Gasteiger partial charge in [0, 0.05) is 12.8 Å². The molecule has 0 aromatic carbocycles. The summed E-state index contributed by atoms with van der Waals surface area (Å²) in [5, 5.41) is 0. The normalized spacial score (nSPS) is 29.7. The van der Waals surface area contributed by atoms with Crippen molar-refractivity contribution in [2.45, 2.75) is 62.6 Å². The maximum Gasteiger partial charge on any atom is 0.146 e. The quantitative estimate of drug-likeness (QED) is 0.311. The van der Waals surface area contributed by atoms with Crippen molar-refractivity contribution in [3.8, 4) is 11.5 Å². The first kappa shape index (κ1) is 15.2. The third kappa shape index (κ3) is 4.74. The van der Waals surface area contributed by atoms with Crippen molar-refractivity contribution in [2.24, 2.45) is 5.41 Å². The van der Waals surface area contributed by atoms with Gasteiger partial charge in [0.25, 0.3) is 0 Å². The lowest BCUT2D eigenvalue weighted by atomic mass is 9.72. The van der Waals surface area contributed by atoms with Crippen LogP contribution in [0.25, 0.3) is 0 Å². The molecule has 0 amide bonds. The van der Waals surface area contributed by atoms with E-state index in [0.29, 0.717) is 5.78 Å². The Hall–Kier alpha value is 0.177. The summed E-state index contributed by atoms with van der Waals surface area (Å²) in [4.78, 5) is 11.8. The molecule has 0 spiro atoms. The van der Waals surface area contributed by atoms with Crippen molar-refractivity contribution in [3.05, 3.63) is 0 Å². The van der Waals surface area contributed by atoms with Gasteiger partial charge in [0.15, 0.2) is 0 Å². The first-order chi connectivity index (χ1) is 7.75. The summed E-state index contributed by atoms with van der Waals surface area (Å²) in [6, 6.07) is 0. The minimum atomic E-state index is -1.23. The fraction of sp³-hybridized carbons (Fsp3) is 0.786. The van der Waals surface area contributed by atoms with Gasteiger partial charge in [-0.05, 0) is 24.7 Å². The second-order valence-corrected chi connectivity index (χ2v) is 12.4. The van der Waals surface area contributed by atoms with E-state index in [9.17, 15) is 4.79 Å². The SMILES string of the molecule is C[C@]1(CCC#C[Si](C)(C)C)CCCC(=O)[C@H]1I. The van der Waals surface area contributed by atoms with E-state index in [1.165, 1.54) is 6.42 Å². The molecule has 0 aromatic heterocycles. The Balaban J connectivity index is 2.54. The Morgan fingerprint density at radius 1 is 1.47 bits per heavy atom. The van der Waals surface area contributed by atoms with Crippen molar-refractivity contribution >= 4 is 36.4 Å². The van der Waals surface area contributed by atoms with Crippen LogP contribution in [0.4, 0.5) is 0 Å². The van der Waals surface area contributed by atoms with E-state index in [1.54, 1.807) is 0 Å². The van der Waals surface area contributed by atoms with E-state index >= 15 is 0 Å². The smallest absolute Gasteiger partial charge is 0.146 e. The van der Waals surface area contributed by atoms with Crippen molar-refractivity contribution < 1.29 is 4.79 Å². The van der Waals surface area contributed by atoms with Crippen LogP contribution in [-0.2, 0) is 4.79 Å². The number of hydrogen-bond acceptors (Lipinski definition) is 1. The van der Waals surface area contributed by atoms with E-state index in [0.717, 1.165) is 25.7 Å². The van der Waals surface area contributed by atoms with Crippen LogP contribution in [-0.4, -0.2) is 17.8 Å². The third-order valence-corrected chi connectivity index (χ3v) is 6.48. The minimum Gasteiger partial charge on any atom is -0.299 e. The van der Waals surface area contributed by atoms with Crippen LogP contribution in [0.15, 0.2) is 0 Å². The number of alkyl halides is 1. The lowest BCUT2D eigenvalue weighted by Crippen LogP contribution is -2.38. The fourth-order valence-corrected chi connectivity index (χ4v) is 3.83. The summed E-state index contributed by atoms with van der Waals surface area (Å²) < 4.78 is 0.197. The summed E-state index contributed by atoms with van der Waals surface area (Å²) in [7, 11) is -1.23. The van der Waals surface area contributed by atoms with Gasteiger partial charge in [0.1, 0.15) is 13.9 Å². The summed E-state index contributed by atoms with van der Waals surface area (Å²) in [6.45, 7) is 9.07. The standard InChI is InChI=1S/C14H23IOSi/c1-14(9-5-6-11-17(2,3)4)10-7-8-12(16)13(14)15/h13H,5,7-10H2,1-4H3/t13-,14+/m1/s1. The van der Waals surface area contributed by atoms with E-state index in [2.05, 4.69) is 60.6 Å². The molecule has 1 aliphatic rings. The molecule has 0 saturated heterocycles. The molecule has 2 atom stereocenters. The predicted octanol–water partition coefficient (Wildman–Crippen LogP) is 4.21. The van der Waals surface area contributed by atoms with Crippen molar-refractivity contribution in [1.29, 1.82) is 0 Å². The summed E-state index contributed by atoms with van der Waals surface area (Å²) in [5.74, 6) is 3.77. The van der Waals surface area contributed by atoms with Crippen molar-refractivity contribution in [1.82, 2.24) is 0 Å². The highest BCUT2D eigenvalue weighted by Gasteiger charge is 2.39. The van der Waals surface area contributed by atoms with Gasteiger partial charge < -0.3 is 0 Å². The van der Waals surface area contributed by atoms with Gasteiger partial charge in [-0.15, -0.1) is 11.5 Å². The number of carbonyl (C=O) groups excluding carboxylic acids is 1. The molecule has 0 N–H and O–H groups in total. The Bertz CT molecular complexity index is 347. The van der Waals surface area contributed by atoms with Crippen molar-refractivity contribution in [3.63, 3.8) is 0 Å². The van der Waals surface area contributed by atoms with E-state index < -0.39 is 8.07 Å². The van der Waals surface area contributed by atoms with Crippen LogP contribution in [0, 0.1) is 16.9 Å². The first-order valence-corrected chi connectivity index (χ1v) is 11.2. The first-order valence-electron chi connectivity index (χ1n) is 6.41. The van der Waals surface area contributed by atoms with Gasteiger partial charge in [-0.1, -0.05) is 49.2 Å². The molecule has 96 valence electrons. The third-order valence-electron chi connectivity index (χ3n) is 3.35. The number of carbonyl (C=O) groups is 1. The molecule has 1 rings (SSSR count). The Morgan fingerprint density at radius 3 is 2.71 bits per heavy atom. The van der Waals surface area contributed by atoms with Crippen LogP contribution in [0.1, 0.15) is 39.0 Å². The predicted molar refractivity (Wildman–Crippen MR) is 85.1 cm³/mol. The molecule has 0 aromatic rings. The molecule has 0 heterocycles. The Morgan fingerprint density at radius 2 is 2.12 bits per heavy atom. The number of rotatable bonds is 2. The van der Waals surface area contributed by atoms with Gasteiger partial charge in [0.05, 0.1) is 3.92 Å². The molecule has 1 nitrogen and oxygen atoms in total. The van der Waals surface area contributed by atoms with Crippen molar-refractivity contribution in [2.75, 3.05) is 0 Å². The highest BCUT2D eigenvalue weighted by atomic mass is 127. The van der Waals surface area contributed by atoms with Crippen LogP contribution in [0.5, 0.6) is 0 Å². The monoisotopic (exact) mass is 362 g/mol. The zero-order valence-electron chi connectivity index (χ0n) is 11.4. The molecule has 1 aliphatic carbocycles.